The molecule has 0 spiro atoms. The fourth-order valence-electron chi connectivity index (χ4n) is 2.37. The second kappa shape index (κ2) is 7.69. The maximum absolute atomic E-state index is 6.15. The molecule has 0 saturated carbocycles. The van der Waals surface area contributed by atoms with Crippen LogP contribution in [0.1, 0.15) is 12.0 Å². The van der Waals surface area contributed by atoms with Crippen LogP contribution in [0.15, 0.2) is 42.7 Å². The number of benzene rings is 2. The average Bonchev–Trinajstić information content (AvgIpc) is 2.56. The van der Waals surface area contributed by atoms with Crippen LogP contribution in [-0.4, -0.2) is 23.2 Å². The number of hydrogen-bond acceptors (Lipinski definition) is 4. The molecule has 0 fully saturated rings. The van der Waals surface area contributed by atoms with E-state index in [4.69, 9.17) is 32.7 Å². The Morgan fingerprint density at radius 3 is 2.62 bits per heavy atom. The minimum absolute atomic E-state index is 0.491. The Kier molecular flexibility index (Phi) is 5.38. The van der Waals surface area contributed by atoms with E-state index in [0.717, 1.165) is 16.5 Å². The molecule has 3 aromatic rings. The van der Waals surface area contributed by atoms with Gasteiger partial charge < -0.3 is 9.47 Å². The van der Waals surface area contributed by atoms with Crippen LogP contribution in [-0.2, 0) is 0 Å². The fourth-order valence-corrected chi connectivity index (χ4v) is 3.02. The third kappa shape index (κ3) is 3.89. The number of ether oxygens (including phenoxy) is 2. The van der Waals surface area contributed by atoms with E-state index in [9.17, 15) is 0 Å². The van der Waals surface area contributed by atoms with Gasteiger partial charge in [0.1, 0.15) is 12.1 Å². The molecule has 0 aliphatic rings. The molecular formula is C18H16Cl2N2O2. The molecule has 2 aromatic carbocycles. The topological polar surface area (TPSA) is 44.2 Å². The summed E-state index contributed by atoms with van der Waals surface area (Å²) in [5.41, 5.74) is 1.78. The van der Waals surface area contributed by atoms with Crippen LogP contribution in [0, 0.1) is 6.92 Å². The number of hydrogen-bond donors (Lipinski definition) is 0. The second-order valence-electron chi connectivity index (χ2n) is 5.28. The summed E-state index contributed by atoms with van der Waals surface area (Å²) in [7, 11) is 0. The quantitative estimate of drug-likeness (QED) is 0.572. The summed E-state index contributed by atoms with van der Waals surface area (Å²) in [6.45, 7) is 2.90. The molecule has 0 N–H and O–H groups in total. The van der Waals surface area contributed by atoms with Crippen molar-refractivity contribution < 1.29 is 9.47 Å². The molecular weight excluding hydrogens is 347 g/mol. The Hall–Kier alpha value is -2.04. The first-order valence-corrected chi connectivity index (χ1v) is 8.32. The monoisotopic (exact) mass is 362 g/mol. The molecule has 0 bridgehead atoms. The normalized spacial score (nSPS) is 10.8. The molecule has 24 heavy (non-hydrogen) atoms. The lowest BCUT2D eigenvalue weighted by atomic mass is 10.2. The lowest BCUT2D eigenvalue weighted by Gasteiger charge is -2.12. The molecule has 1 heterocycles. The zero-order valence-electron chi connectivity index (χ0n) is 13.1. The Morgan fingerprint density at radius 1 is 1.00 bits per heavy atom. The number of fused-ring (bicyclic) bond motifs is 1. The van der Waals surface area contributed by atoms with Gasteiger partial charge in [0.25, 0.3) is 0 Å². The van der Waals surface area contributed by atoms with Gasteiger partial charge in [-0.25, -0.2) is 9.97 Å². The minimum Gasteiger partial charge on any atom is -0.492 e. The highest BCUT2D eigenvalue weighted by atomic mass is 35.5. The number of para-hydroxylation sites is 1. The number of aromatic nitrogens is 2. The van der Waals surface area contributed by atoms with Gasteiger partial charge in [0.15, 0.2) is 0 Å². The Bertz CT molecular complexity index is 827. The van der Waals surface area contributed by atoms with Gasteiger partial charge in [-0.2, -0.15) is 0 Å². The van der Waals surface area contributed by atoms with E-state index in [1.165, 1.54) is 6.33 Å². The SMILES string of the molecule is Cc1cc(Cl)cc(Cl)c1OCCCOc1ncnc2ccccc12. The van der Waals surface area contributed by atoms with Crippen molar-refractivity contribution in [2.75, 3.05) is 13.2 Å². The van der Waals surface area contributed by atoms with Gasteiger partial charge in [-0.3, -0.25) is 0 Å². The van der Waals surface area contributed by atoms with Crippen molar-refractivity contribution in [1.29, 1.82) is 0 Å². The smallest absolute Gasteiger partial charge is 0.224 e. The summed E-state index contributed by atoms with van der Waals surface area (Å²) >= 11 is 12.1. The van der Waals surface area contributed by atoms with Gasteiger partial charge in [-0.1, -0.05) is 35.3 Å². The number of rotatable bonds is 6. The Balaban J connectivity index is 1.54. The molecule has 3 rings (SSSR count). The van der Waals surface area contributed by atoms with Crippen molar-refractivity contribution >= 4 is 34.1 Å². The first kappa shape index (κ1) is 16.8. The van der Waals surface area contributed by atoms with Crippen molar-refractivity contribution in [3.8, 4) is 11.6 Å². The van der Waals surface area contributed by atoms with E-state index in [1.54, 1.807) is 6.07 Å². The first-order valence-electron chi connectivity index (χ1n) is 7.56. The van der Waals surface area contributed by atoms with Gasteiger partial charge in [-0.05, 0) is 36.8 Å². The molecule has 6 heteroatoms. The van der Waals surface area contributed by atoms with Crippen LogP contribution in [0.3, 0.4) is 0 Å². The number of nitrogens with zero attached hydrogens (tertiary/aromatic N) is 2. The highest BCUT2D eigenvalue weighted by Gasteiger charge is 2.08. The zero-order chi connectivity index (χ0) is 16.9. The third-order valence-corrected chi connectivity index (χ3v) is 3.97. The highest BCUT2D eigenvalue weighted by Crippen LogP contribution is 2.31. The standard InChI is InChI=1S/C18H16Cl2N2O2/c1-12-9-13(19)10-15(20)17(12)23-7-4-8-24-18-14-5-2-3-6-16(14)21-11-22-18/h2-3,5-6,9-11H,4,7-8H2,1H3. The predicted octanol–water partition coefficient (Wildman–Crippen LogP) is 5.09. The maximum atomic E-state index is 6.15. The zero-order valence-corrected chi connectivity index (χ0v) is 14.6. The predicted molar refractivity (Wildman–Crippen MR) is 96.3 cm³/mol. The fraction of sp³-hybridized carbons (Fsp3) is 0.222. The summed E-state index contributed by atoms with van der Waals surface area (Å²) < 4.78 is 11.5. The average molecular weight is 363 g/mol. The van der Waals surface area contributed by atoms with Gasteiger partial charge in [-0.15, -0.1) is 0 Å². The molecule has 0 saturated heterocycles. The highest BCUT2D eigenvalue weighted by molar-refractivity contribution is 6.35. The lowest BCUT2D eigenvalue weighted by molar-refractivity contribution is 0.243. The summed E-state index contributed by atoms with van der Waals surface area (Å²) in [6.07, 6.45) is 2.21. The van der Waals surface area contributed by atoms with E-state index in [0.29, 0.717) is 41.3 Å². The van der Waals surface area contributed by atoms with Gasteiger partial charge in [0.05, 0.1) is 29.1 Å². The van der Waals surface area contributed by atoms with Crippen molar-refractivity contribution in [3.63, 3.8) is 0 Å². The van der Waals surface area contributed by atoms with Crippen LogP contribution >= 0.6 is 23.2 Å². The van der Waals surface area contributed by atoms with Crippen molar-refractivity contribution in [2.45, 2.75) is 13.3 Å². The van der Waals surface area contributed by atoms with Crippen LogP contribution in [0.25, 0.3) is 10.9 Å². The van der Waals surface area contributed by atoms with E-state index < -0.39 is 0 Å². The Morgan fingerprint density at radius 2 is 1.79 bits per heavy atom. The lowest BCUT2D eigenvalue weighted by Crippen LogP contribution is -2.07. The molecule has 4 nitrogen and oxygen atoms in total. The van der Waals surface area contributed by atoms with Crippen molar-refractivity contribution in [1.82, 2.24) is 9.97 Å². The summed E-state index contributed by atoms with van der Waals surface area (Å²) in [5, 5.41) is 2.02. The summed E-state index contributed by atoms with van der Waals surface area (Å²) in [4.78, 5) is 8.40. The van der Waals surface area contributed by atoms with Gasteiger partial charge >= 0.3 is 0 Å². The summed E-state index contributed by atoms with van der Waals surface area (Å²) in [5.74, 6) is 1.25. The van der Waals surface area contributed by atoms with Crippen LogP contribution in [0.2, 0.25) is 10.0 Å². The number of halogens is 2. The molecule has 0 atom stereocenters. The van der Waals surface area contributed by atoms with Crippen molar-refractivity contribution in [3.05, 3.63) is 58.3 Å². The largest absolute Gasteiger partial charge is 0.492 e. The first-order chi connectivity index (χ1) is 11.6. The molecule has 0 radical (unpaired) electrons. The summed E-state index contributed by atoms with van der Waals surface area (Å²) in [6, 6.07) is 11.2. The second-order valence-corrected chi connectivity index (χ2v) is 6.12. The molecule has 0 unspecified atom stereocenters. The third-order valence-electron chi connectivity index (χ3n) is 3.47. The van der Waals surface area contributed by atoms with Crippen LogP contribution in [0.5, 0.6) is 11.6 Å². The van der Waals surface area contributed by atoms with E-state index in [1.807, 2.05) is 37.3 Å². The van der Waals surface area contributed by atoms with Crippen LogP contribution in [0.4, 0.5) is 0 Å². The van der Waals surface area contributed by atoms with Crippen LogP contribution < -0.4 is 9.47 Å². The van der Waals surface area contributed by atoms with Gasteiger partial charge in [0.2, 0.25) is 5.88 Å². The molecule has 0 aliphatic heterocycles. The molecule has 1 aromatic heterocycles. The van der Waals surface area contributed by atoms with Crippen molar-refractivity contribution in [2.24, 2.45) is 0 Å². The Labute approximate surface area is 150 Å². The van der Waals surface area contributed by atoms with Gasteiger partial charge in [0, 0.05) is 11.4 Å². The van der Waals surface area contributed by atoms with E-state index >= 15 is 0 Å². The number of aryl methyl sites for hydroxylation is 1. The molecule has 124 valence electrons. The maximum Gasteiger partial charge on any atom is 0.224 e. The van der Waals surface area contributed by atoms with E-state index in [-0.39, 0.29) is 0 Å². The molecule has 0 amide bonds. The minimum atomic E-state index is 0.491. The van der Waals surface area contributed by atoms with E-state index in [2.05, 4.69) is 9.97 Å². The molecule has 0 aliphatic carbocycles.